The maximum atomic E-state index is 5.35. The lowest BCUT2D eigenvalue weighted by Gasteiger charge is -2.15. The molecule has 0 N–H and O–H groups in total. The fraction of sp³-hybridized carbons (Fsp3) is 0. The number of nitrogens with zero attached hydrogens (tertiary/aromatic N) is 4. The standard InChI is InChI=1S/C44H26N4S/c1-2-12-30(13-3-1)42-46-43(48-44(47-42)38-26-32-14-6-9-17-37(32)49-38)31-20-18-29(19-21-31)39-35-24-22-27-10-4-7-15-33(27)40(35)45-41-34-16-8-5-11-28(34)23-25-36(39)41/h1-26H. The zero-order valence-electron chi connectivity index (χ0n) is 26.2. The fourth-order valence-electron chi connectivity index (χ4n) is 6.93. The van der Waals surface area contributed by atoms with E-state index >= 15 is 0 Å². The van der Waals surface area contributed by atoms with Crippen molar-refractivity contribution in [1.82, 2.24) is 19.9 Å². The summed E-state index contributed by atoms with van der Waals surface area (Å²) in [5.41, 5.74) is 6.21. The Balaban J connectivity index is 1.17. The van der Waals surface area contributed by atoms with Gasteiger partial charge in [-0.15, -0.1) is 11.3 Å². The highest BCUT2D eigenvalue weighted by Crippen LogP contribution is 2.40. The Kier molecular flexibility index (Phi) is 6.32. The summed E-state index contributed by atoms with van der Waals surface area (Å²) in [6.45, 7) is 0. The molecular weight excluding hydrogens is 617 g/mol. The molecule has 0 bridgehead atoms. The second kappa shape index (κ2) is 11.2. The van der Waals surface area contributed by atoms with Crippen molar-refractivity contribution >= 4 is 64.8 Å². The van der Waals surface area contributed by atoms with Gasteiger partial charge in [0.25, 0.3) is 0 Å². The number of rotatable bonds is 4. The molecule has 4 nitrogen and oxygen atoms in total. The number of aromatic nitrogens is 4. The van der Waals surface area contributed by atoms with Gasteiger partial charge in [-0.3, -0.25) is 0 Å². The average molecular weight is 643 g/mol. The van der Waals surface area contributed by atoms with Crippen molar-refractivity contribution in [2.24, 2.45) is 0 Å². The van der Waals surface area contributed by atoms with Crippen molar-refractivity contribution in [3.8, 4) is 44.6 Å². The van der Waals surface area contributed by atoms with Gasteiger partial charge in [0, 0.05) is 42.9 Å². The van der Waals surface area contributed by atoms with Gasteiger partial charge in [-0.05, 0) is 33.9 Å². The molecule has 10 rings (SSSR count). The van der Waals surface area contributed by atoms with Crippen LogP contribution >= 0.6 is 11.3 Å². The molecule has 7 aromatic carbocycles. The minimum absolute atomic E-state index is 0.647. The number of pyridine rings is 1. The van der Waals surface area contributed by atoms with E-state index in [0.717, 1.165) is 54.1 Å². The zero-order chi connectivity index (χ0) is 32.3. The van der Waals surface area contributed by atoms with E-state index in [1.165, 1.54) is 26.4 Å². The molecule has 10 aromatic rings. The first-order valence-corrected chi connectivity index (χ1v) is 17.1. The largest absolute Gasteiger partial charge is 0.246 e. The molecule has 0 aliphatic carbocycles. The van der Waals surface area contributed by atoms with Crippen molar-refractivity contribution in [1.29, 1.82) is 0 Å². The molecule has 0 unspecified atom stereocenters. The van der Waals surface area contributed by atoms with Crippen molar-refractivity contribution < 1.29 is 0 Å². The first-order chi connectivity index (χ1) is 24.3. The number of fused-ring (bicyclic) bond motifs is 7. The monoisotopic (exact) mass is 642 g/mol. The molecule has 0 aliphatic heterocycles. The highest BCUT2D eigenvalue weighted by molar-refractivity contribution is 7.22. The topological polar surface area (TPSA) is 51.6 Å². The van der Waals surface area contributed by atoms with Crippen LogP contribution in [-0.2, 0) is 0 Å². The van der Waals surface area contributed by atoms with Crippen LogP contribution in [0.2, 0.25) is 0 Å². The van der Waals surface area contributed by atoms with Crippen LogP contribution in [0.3, 0.4) is 0 Å². The summed E-state index contributed by atoms with van der Waals surface area (Å²) in [6.07, 6.45) is 0. The predicted molar refractivity (Wildman–Crippen MR) is 205 cm³/mol. The molecule has 0 aliphatic rings. The van der Waals surface area contributed by atoms with Crippen LogP contribution in [0.4, 0.5) is 0 Å². The van der Waals surface area contributed by atoms with Gasteiger partial charge in [0.05, 0.1) is 15.9 Å². The summed E-state index contributed by atoms with van der Waals surface area (Å²) in [7, 11) is 0. The van der Waals surface area contributed by atoms with Crippen LogP contribution in [-0.4, -0.2) is 19.9 Å². The van der Waals surface area contributed by atoms with Gasteiger partial charge in [0.1, 0.15) is 0 Å². The highest BCUT2D eigenvalue weighted by Gasteiger charge is 2.17. The Bertz CT molecular complexity index is 2750. The normalized spacial score (nSPS) is 11.7. The van der Waals surface area contributed by atoms with Crippen LogP contribution < -0.4 is 0 Å². The average Bonchev–Trinajstić information content (AvgIpc) is 3.62. The van der Waals surface area contributed by atoms with E-state index in [1.807, 2.05) is 30.3 Å². The third-order valence-electron chi connectivity index (χ3n) is 9.31. The Morgan fingerprint density at radius 2 is 0.857 bits per heavy atom. The van der Waals surface area contributed by atoms with Gasteiger partial charge in [-0.25, -0.2) is 19.9 Å². The lowest BCUT2D eigenvalue weighted by atomic mass is 9.92. The summed E-state index contributed by atoms with van der Waals surface area (Å²) in [5, 5.41) is 8.12. The molecule has 0 atom stereocenters. The molecule has 3 heterocycles. The summed E-state index contributed by atoms with van der Waals surface area (Å²) in [4.78, 5) is 21.4. The quantitative estimate of drug-likeness (QED) is 0.142. The molecule has 0 amide bonds. The van der Waals surface area contributed by atoms with Crippen LogP contribution in [0, 0.1) is 0 Å². The Labute approximate surface area is 286 Å². The van der Waals surface area contributed by atoms with Gasteiger partial charge in [-0.1, -0.05) is 146 Å². The maximum absolute atomic E-state index is 5.35. The SMILES string of the molecule is c1ccc(-c2nc(-c3ccc(-c4c5ccc6ccccc6c5nc5c4ccc4ccccc45)cc3)nc(-c3cc4ccccc4s3)n2)cc1. The van der Waals surface area contributed by atoms with Crippen molar-refractivity contribution in [2.45, 2.75) is 0 Å². The van der Waals surface area contributed by atoms with E-state index in [-0.39, 0.29) is 0 Å². The summed E-state index contributed by atoms with van der Waals surface area (Å²) < 4.78 is 1.21. The molecule has 0 saturated carbocycles. The van der Waals surface area contributed by atoms with E-state index < -0.39 is 0 Å². The fourth-order valence-corrected chi connectivity index (χ4v) is 7.93. The molecular formula is C44H26N4S. The number of hydrogen-bond acceptors (Lipinski definition) is 5. The van der Waals surface area contributed by atoms with E-state index in [9.17, 15) is 0 Å². The van der Waals surface area contributed by atoms with E-state index in [4.69, 9.17) is 19.9 Å². The Morgan fingerprint density at radius 3 is 1.49 bits per heavy atom. The third-order valence-corrected chi connectivity index (χ3v) is 10.4. The molecule has 228 valence electrons. The minimum Gasteiger partial charge on any atom is -0.246 e. The van der Waals surface area contributed by atoms with Gasteiger partial charge < -0.3 is 0 Å². The van der Waals surface area contributed by atoms with Crippen LogP contribution in [0.5, 0.6) is 0 Å². The maximum Gasteiger partial charge on any atom is 0.174 e. The lowest BCUT2D eigenvalue weighted by molar-refractivity contribution is 1.08. The van der Waals surface area contributed by atoms with Crippen molar-refractivity contribution in [2.75, 3.05) is 0 Å². The van der Waals surface area contributed by atoms with E-state index in [0.29, 0.717) is 17.5 Å². The Morgan fingerprint density at radius 1 is 0.347 bits per heavy atom. The smallest absolute Gasteiger partial charge is 0.174 e. The molecule has 49 heavy (non-hydrogen) atoms. The number of thiophene rings is 1. The molecule has 0 saturated heterocycles. The van der Waals surface area contributed by atoms with Crippen molar-refractivity contribution in [3.05, 3.63) is 158 Å². The second-order valence-electron chi connectivity index (χ2n) is 12.3. The summed E-state index contributed by atoms with van der Waals surface area (Å²) in [5.74, 6) is 1.99. The van der Waals surface area contributed by atoms with Gasteiger partial charge in [0.2, 0.25) is 0 Å². The molecule has 0 spiro atoms. The van der Waals surface area contributed by atoms with Crippen LogP contribution in [0.15, 0.2) is 158 Å². The number of hydrogen-bond donors (Lipinski definition) is 0. The predicted octanol–water partition coefficient (Wildman–Crippen LogP) is 11.8. The molecule has 0 radical (unpaired) electrons. The summed E-state index contributed by atoms with van der Waals surface area (Å²) >= 11 is 1.70. The Hall–Kier alpha value is -6.30. The molecule has 3 aromatic heterocycles. The lowest BCUT2D eigenvalue weighted by Crippen LogP contribution is -1.99. The first-order valence-electron chi connectivity index (χ1n) is 16.3. The summed E-state index contributed by atoms with van der Waals surface area (Å²) in [6, 6.07) is 55.2. The number of benzene rings is 7. The highest BCUT2D eigenvalue weighted by atomic mass is 32.1. The zero-order valence-corrected chi connectivity index (χ0v) is 27.0. The van der Waals surface area contributed by atoms with Gasteiger partial charge in [-0.2, -0.15) is 0 Å². The second-order valence-corrected chi connectivity index (χ2v) is 13.3. The van der Waals surface area contributed by atoms with E-state index in [2.05, 4.69) is 127 Å². The van der Waals surface area contributed by atoms with Gasteiger partial charge >= 0.3 is 0 Å². The molecule has 5 heteroatoms. The van der Waals surface area contributed by atoms with E-state index in [1.54, 1.807) is 11.3 Å². The first kappa shape index (κ1) is 27.8. The third kappa shape index (κ3) is 4.66. The van der Waals surface area contributed by atoms with Crippen LogP contribution in [0.25, 0.3) is 98.0 Å². The van der Waals surface area contributed by atoms with Crippen LogP contribution in [0.1, 0.15) is 0 Å². The van der Waals surface area contributed by atoms with Crippen molar-refractivity contribution in [3.63, 3.8) is 0 Å². The molecule has 0 fully saturated rings. The van der Waals surface area contributed by atoms with Gasteiger partial charge in [0.15, 0.2) is 17.5 Å². The minimum atomic E-state index is 0.647.